The molecule has 0 saturated heterocycles. The van der Waals surface area contributed by atoms with Gasteiger partial charge >= 0.3 is 0 Å². The van der Waals surface area contributed by atoms with E-state index in [-0.39, 0.29) is 0 Å². The predicted molar refractivity (Wildman–Crippen MR) is 259 cm³/mol. The summed E-state index contributed by atoms with van der Waals surface area (Å²) in [6, 6.07) is 74.2. The molecule has 0 N–H and O–H groups in total. The van der Waals surface area contributed by atoms with Crippen molar-refractivity contribution in [2.45, 2.75) is 13.8 Å². The molecule has 0 atom stereocenters. The summed E-state index contributed by atoms with van der Waals surface area (Å²) in [5, 5.41) is 5.84. The fourth-order valence-electron chi connectivity index (χ4n) is 9.62. The van der Waals surface area contributed by atoms with E-state index in [1.807, 2.05) is 0 Å². The second-order valence-electron chi connectivity index (χ2n) is 16.3. The van der Waals surface area contributed by atoms with Crippen LogP contribution in [0.15, 0.2) is 206 Å². The van der Waals surface area contributed by atoms with Crippen LogP contribution >= 0.6 is 0 Å². The maximum absolute atomic E-state index is 5.42. The third-order valence-electron chi connectivity index (χ3n) is 12.6. The van der Waals surface area contributed by atoms with Crippen LogP contribution in [0.4, 0.5) is 0 Å². The molecule has 0 amide bonds. The largest absolute Gasteiger partial charge is 0.309 e. The van der Waals surface area contributed by atoms with Crippen LogP contribution in [0, 0.1) is 13.8 Å². The van der Waals surface area contributed by atoms with Gasteiger partial charge in [0.25, 0.3) is 0 Å². The van der Waals surface area contributed by atoms with Gasteiger partial charge in [0.1, 0.15) is 0 Å². The molecule has 0 radical (unpaired) electrons. The number of benzene rings is 9. The first-order valence-corrected chi connectivity index (χ1v) is 21.2. The monoisotopic (exact) mass is 792 g/mol. The van der Waals surface area contributed by atoms with Crippen molar-refractivity contribution in [2.24, 2.45) is 0 Å². The van der Waals surface area contributed by atoms with Crippen molar-refractivity contribution in [1.82, 2.24) is 19.1 Å². The summed E-state index contributed by atoms with van der Waals surface area (Å²) in [5.41, 5.74) is 18.3. The Hall–Kier alpha value is -8.08. The van der Waals surface area contributed by atoms with Gasteiger partial charge in [0.2, 0.25) is 5.95 Å². The van der Waals surface area contributed by atoms with Crippen LogP contribution < -0.4 is 0 Å². The van der Waals surface area contributed by atoms with Gasteiger partial charge in [0.05, 0.1) is 33.3 Å². The lowest BCUT2D eigenvalue weighted by Crippen LogP contribution is -2.03. The topological polar surface area (TPSA) is 35.6 Å². The van der Waals surface area contributed by atoms with Gasteiger partial charge in [0, 0.05) is 38.2 Å². The summed E-state index contributed by atoms with van der Waals surface area (Å²) in [5.74, 6) is 0.651. The van der Waals surface area contributed by atoms with Crippen molar-refractivity contribution in [1.29, 1.82) is 0 Å². The van der Waals surface area contributed by atoms with Crippen LogP contribution in [0.1, 0.15) is 11.1 Å². The summed E-state index contributed by atoms with van der Waals surface area (Å²) in [6.45, 7) is 4.41. The first kappa shape index (κ1) is 35.8. The van der Waals surface area contributed by atoms with Crippen molar-refractivity contribution in [3.8, 4) is 56.3 Å². The van der Waals surface area contributed by atoms with Crippen molar-refractivity contribution in [2.75, 3.05) is 0 Å². The molecule has 0 spiro atoms. The first-order valence-electron chi connectivity index (χ1n) is 21.2. The van der Waals surface area contributed by atoms with Crippen molar-refractivity contribution < 1.29 is 0 Å². The lowest BCUT2D eigenvalue weighted by molar-refractivity contribution is 1.01. The zero-order valence-corrected chi connectivity index (χ0v) is 34.4. The Balaban J connectivity index is 0.974. The lowest BCUT2D eigenvalue weighted by atomic mass is 9.91. The Kier molecular flexibility index (Phi) is 8.26. The third-order valence-corrected chi connectivity index (χ3v) is 12.6. The summed E-state index contributed by atoms with van der Waals surface area (Å²) >= 11 is 0. The van der Waals surface area contributed by atoms with Crippen molar-refractivity contribution >= 4 is 54.5 Å². The van der Waals surface area contributed by atoms with E-state index < -0.39 is 0 Å². The SMILES string of the molecule is Cc1cc(-c2ccc(-c3nc(-n4c5ccccc5c5cc(-c6ccc7c8ccccc8n(-c8ccccc8)c7c6)ccc54)nc4ccccc34)cc2)c(C)cc1-c1ccccc1. The lowest BCUT2D eigenvalue weighted by Gasteiger charge is -2.14. The minimum atomic E-state index is 0.651. The highest BCUT2D eigenvalue weighted by molar-refractivity contribution is 6.12. The number of aryl methyl sites for hydroxylation is 2. The van der Waals surface area contributed by atoms with Gasteiger partial charge in [-0.2, -0.15) is 0 Å². The molecular weight excluding hydrogens is 753 g/mol. The zero-order chi connectivity index (χ0) is 41.3. The van der Waals surface area contributed by atoms with E-state index in [2.05, 4.69) is 229 Å². The summed E-state index contributed by atoms with van der Waals surface area (Å²) < 4.78 is 4.61. The zero-order valence-electron chi connectivity index (χ0n) is 34.4. The molecule has 12 rings (SSSR count). The van der Waals surface area contributed by atoms with E-state index in [0.717, 1.165) is 55.2 Å². The molecule has 4 nitrogen and oxygen atoms in total. The minimum Gasteiger partial charge on any atom is -0.309 e. The summed E-state index contributed by atoms with van der Waals surface area (Å²) in [4.78, 5) is 10.7. The first-order chi connectivity index (χ1) is 30.6. The molecule has 0 bridgehead atoms. The number of para-hydroxylation sites is 4. The van der Waals surface area contributed by atoms with E-state index >= 15 is 0 Å². The van der Waals surface area contributed by atoms with Gasteiger partial charge < -0.3 is 4.57 Å². The minimum absolute atomic E-state index is 0.651. The highest BCUT2D eigenvalue weighted by atomic mass is 15.2. The van der Waals surface area contributed by atoms with Gasteiger partial charge in [-0.3, -0.25) is 4.57 Å². The number of hydrogen-bond donors (Lipinski definition) is 0. The summed E-state index contributed by atoms with van der Waals surface area (Å²) in [6.07, 6.45) is 0. The predicted octanol–water partition coefficient (Wildman–Crippen LogP) is 15.1. The Morgan fingerprint density at radius 1 is 0.323 bits per heavy atom. The van der Waals surface area contributed by atoms with Crippen LogP contribution in [0.25, 0.3) is 111 Å². The molecule has 62 heavy (non-hydrogen) atoms. The smallest absolute Gasteiger partial charge is 0.235 e. The number of fused-ring (bicyclic) bond motifs is 7. The average Bonchev–Trinajstić information content (AvgIpc) is 3.84. The van der Waals surface area contributed by atoms with Gasteiger partial charge in [-0.1, -0.05) is 158 Å². The Morgan fingerprint density at radius 3 is 1.55 bits per heavy atom. The molecule has 3 aromatic heterocycles. The van der Waals surface area contributed by atoms with Crippen LogP contribution in [-0.4, -0.2) is 19.1 Å². The molecule has 0 aliphatic rings. The maximum atomic E-state index is 5.42. The molecule has 0 aliphatic heterocycles. The van der Waals surface area contributed by atoms with Gasteiger partial charge in [-0.15, -0.1) is 0 Å². The molecule has 12 aromatic rings. The van der Waals surface area contributed by atoms with E-state index in [1.165, 1.54) is 60.8 Å². The molecule has 3 heterocycles. The molecule has 292 valence electrons. The van der Waals surface area contributed by atoms with Crippen LogP contribution in [-0.2, 0) is 0 Å². The fraction of sp³-hybridized carbons (Fsp3) is 0.0345. The number of aromatic nitrogens is 4. The average molecular weight is 793 g/mol. The van der Waals surface area contributed by atoms with Crippen molar-refractivity contribution in [3.05, 3.63) is 217 Å². The molecule has 4 heteroatoms. The number of hydrogen-bond acceptors (Lipinski definition) is 2. The van der Waals surface area contributed by atoms with E-state index in [4.69, 9.17) is 9.97 Å². The highest BCUT2D eigenvalue weighted by Gasteiger charge is 2.19. The van der Waals surface area contributed by atoms with E-state index in [9.17, 15) is 0 Å². The Labute approximate surface area is 359 Å². The quantitative estimate of drug-likeness (QED) is 0.168. The normalized spacial score (nSPS) is 11.7. The molecule has 0 aliphatic carbocycles. The van der Waals surface area contributed by atoms with Crippen LogP contribution in [0.5, 0.6) is 0 Å². The van der Waals surface area contributed by atoms with E-state index in [1.54, 1.807) is 0 Å². The molecule has 0 unspecified atom stereocenters. The summed E-state index contributed by atoms with van der Waals surface area (Å²) in [7, 11) is 0. The van der Waals surface area contributed by atoms with Crippen molar-refractivity contribution in [3.63, 3.8) is 0 Å². The fourth-order valence-corrected chi connectivity index (χ4v) is 9.62. The molecule has 9 aromatic carbocycles. The molecule has 0 fully saturated rings. The Morgan fingerprint density at radius 2 is 0.823 bits per heavy atom. The Bertz CT molecular complexity index is 3690. The van der Waals surface area contributed by atoms with Crippen LogP contribution in [0.3, 0.4) is 0 Å². The van der Waals surface area contributed by atoms with Gasteiger partial charge in [0.15, 0.2) is 0 Å². The van der Waals surface area contributed by atoms with E-state index in [0.29, 0.717) is 5.95 Å². The third kappa shape index (κ3) is 5.76. The second-order valence-corrected chi connectivity index (χ2v) is 16.3. The molecule has 0 saturated carbocycles. The van der Waals surface area contributed by atoms with Gasteiger partial charge in [-0.25, -0.2) is 9.97 Å². The van der Waals surface area contributed by atoms with Crippen LogP contribution in [0.2, 0.25) is 0 Å². The molecular formula is C58H40N4. The number of rotatable bonds is 6. The maximum Gasteiger partial charge on any atom is 0.235 e. The second kappa shape index (κ2) is 14.3. The standard InChI is InChI=1S/C58H40N4/c1-37-34-50(38(2)33-49(37)39-15-5-3-6-16-39)40-25-27-41(28-26-40)57-48-21-9-12-22-52(48)59-58(60-57)62-54-24-14-11-20-46(54)51-35-42(30-32-55(51)62)43-29-31-47-45-19-10-13-23-53(45)61(56(47)36-43)44-17-7-4-8-18-44/h3-36H,1-2H3. The number of nitrogens with zero attached hydrogens (tertiary/aromatic N) is 4. The highest BCUT2D eigenvalue weighted by Crippen LogP contribution is 2.39. The van der Waals surface area contributed by atoms with Gasteiger partial charge in [-0.05, 0) is 107 Å².